The predicted molar refractivity (Wildman–Crippen MR) is 79.1 cm³/mol. The second-order valence-electron chi connectivity index (χ2n) is 5.86. The molecule has 0 aromatic heterocycles. The normalized spacial score (nSPS) is 28.7. The van der Waals surface area contributed by atoms with Crippen molar-refractivity contribution < 1.29 is 19.7 Å². The van der Waals surface area contributed by atoms with E-state index in [-0.39, 0.29) is 17.7 Å². The zero-order valence-electron chi connectivity index (χ0n) is 12.6. The third-order valence-electron chi connectivity index (χ3n) is 4.07. The van der Waals surface area contributed by atoms with Gasteiger partial charge in [0.25, 0.3) is 0 Å². The first-order valence-electron chi connectivity index (χ1n) is 7.24. The Hall–Kier alpha value is -1.59. The fraction of sp³-hybridized carbons (Fsp3) is 0.562. The summed E-state index contributed by atoms with van der Waals surface area (Å²) >= 11 is 0. The lowest BCUT2D eigenvalue weighted by Gasteiger charge is -2.25. The first kappa shape index (κ1) is 15.8. The summed E-state index contributed by atoms with van der Waals surface area (Å²) in [6.45, 7) is 3.60. The summed E-state index contributed by atoms with van der Waals surface area (Å²) < 4.78 is 5.13. The van der Waals surface area contributed by atoms with Crippen molar-refractivity contribution in [1.29, 1.82) is 0 Å². The van der Waals surface area contributed by atoms with Crippen molar-refractivity contribution in [2.75, 3.05) is 7.11 Å². The van der Waals surface area contributed by atoms with E-state index in [2.05, 4.69) is 5.32 Å². The number of benzene rings is 1. The van der Waals surface area contributed by atoms with Gasteiger partial charge in [-0.2, -0.15) is 0 Å². The topological polar surface area (TPSA) is 78.8 Å². The summed E-state index contributed by atoms with van der Waals surface area (Å²) in [6, 6.07) is 7.02. The van der Waals surface area contributed by atoms with Gasteiger partial charge in [-0.25, -0.2) is 0 Å². The van der Waals surface area contributed by atoms with Crippen LogP contribution in [-0.4, -0.2) is 41.5 Å². The van der Waals surface area contributed by atoms with Gasteiger partial charge in [-0.3, -0.25) is 4.79 Å². The van der Waals surface area contributed by atoms with Crippen LogP contribution in [-0.2, 0) is 4.79 Å². The monoisotopic (exact) mass is 293 g/mol. The molecule has 1 amide bonds. The molecule has 21 heavy (non-hydrogen) atoms. The van der Waals surface area contributed by atoms with Crippen LogP contribution in [0.2, 0.25) is 0 Å². The van der Waals surface area contributed by atoms with E-state index in [4.69, 9.17) is 4.74 Å². The zero-order chi connectivity index (χ0) is 15.6. The molecule has 0 saturated heterocycles. The smallest absolute Gasteiger partial charge is 0.222 e. The first-order valence-corrected chi connectivity index (χ1v) is 7.24. The van der Waals surface area contributed by atoms with E-state index in [1.807, 2.05) is 24.3 Å². The first-order chi connectivity index (χ1) is 9.93. The van der Waals surface area contributed by atoms with Gasteiger partial charge >= 0.3 is 0 Å². The minimum Gasteiger partial charge on any atom is -0.497 e. The number of methoxy groups -OCH3 is 1. The molecule has 1 saturated carbocycles. The minimum atomic E-state index is -0.945. The van der Waals surface area contributed by atoms with Gasteiger partial charge in [-0.15, -0.1) is 0 Å². The Morgan fingerprint density at radius 2 is 1.90 bits per heavy atom. The largest absolute Gasteiger partial charge is 0.497 e. The van der Waals surface area contributed by atoms with Gasteiger partial charge in [0.1, 0.15) is 11.9 Å². The molecule has 0 radical (unpaired) electrons. The van der Waals surface area contributed by atoms with Gasteiger partial charge in [-0.05, 0) is 24.1 Å². The molecule has 0 aliphatic heterocycles. The van der Waals surface area contributed by atoms with Crippen LogP contribution in [0.4, 0.5) is 0 Å². The Labute approximate surface area is 124 Å². The number of carbonyl (C=O) groups is 1. The molecular weight excluding hydrogens is 270 g/mol. The van der Waals surface area contributed by atoms with Gasteiger partial charge in [-0.1, -0.05) is 26.0 Å². The van der Waals surface area contributed by atoms with Gasteiger partial charge in [0.15, 0.2) is 0 Å². The van der Waals surface area contributed by atoms with Gasteiger partial charge in [0.05, 0.1) is 19.3 Å². The number of hydrogen-bond acceptors (Lipinski definition) is 4. The van der Waals surface area contributed by atoms with E-state index in [1.165, 1.54) is 0 Å². The quantitative estimate of drug-likeness (QED) is 0.775. The molecule has 1 aromatic rings. The van der Waals surface area contributed by atoms with E-state index in [0.717, 1.165) is 11.3 Å². The van der Waals surface area contributed by atoms with Crippen molar-refractivity contribution in [3.05, 3.63) is 29.8 Å². The maximum atomic E-state index is 11.9. The highest BCUT2D eigenvalue weighted by Crippen LogP contribution is 2.36. The molecule has 5 heteroatoms. The Morgan fingerprint density at radius 3 is 2.43 bits per heavy atom. The van der Waals surface area contributed by atoms with Crippen LogP contribution in [0.3, 0.4) is 0 Å². The van der Waals surface area contributed by atoms with Gasteiger partial charge in [0, 0.05) is 11.8 Å². The lowest BCUT2D eigenvalue weighted by atomic mass is 9.93. The second-order valence-corrected chi connectivity index (χ2v) is 5.86. The molecule has 1 fully saturated rings. The van der Waals surface area contributed by atoms with Crippen molar-refractivity contribution in [2.45, 2.75) is 44.4 Å². The molecule has 3 N–H and O–H groups in total. The Kier molecular flexibility index (Phi) is 4.85. The third kappa shape index (κ3) is 3.36. The standard InChI is InChI=1S/C16H23NO4/c1-9(2)16(20)17-14-12(8-13(18)15(14)19)10-4-6-11(21-3)7-5-10/h4-7,9,12-15,18-19H,8H2,1-3H3,(H,17,20)/t12-,13-,14-,15-/m1/s1. The lowest BCUT2D eigenvalue weighted by molar-refractivity contribution is -0.125. The number of nitrogens with one attached hydrogen (secondary N) is 1. The fourth-order valence-electron chi connectivity index (χ4n) is 2.73. The van der Waals surface area contributed by atoms with Crippen LogP contribution in [0.15, 0.2) is 24.3 Å². The highest BCUT2D eigenvalue weighted by Gasteiger charge is 2.43. The third-order valence-corrected chi connectivity index (χ3v) is 4.07. The maximum Gasteiger partial charge on any atom is 0.222 e. The molecule has 5 nitrogen and oxygen atoms in total. The van der Waals surface area contributed by atoms with Crippen LogP contribution < -0.4 is 10.1 Å². The molecule has 0 heterocycles. The highest BCUT2D eigenvalue weighted by atomic mass is 16.5. The average molecular weight is 293 g/mol. The van der Waals surface area contributed by atoms with Crippen LogP contribution >= 0.6 is 0 Å². The van der Waals surface area contributed by atoms with E-state index >= 15 is 0 Å². The Bertz CT molecular complexity index is 486. The second kappa shape index (κ2) is 6.45. The average Bonchev–Trinajstić information content (AvgIpc) is 2.75. The molecule has 1 aliphatic carbocycles. The van der Waals surface area contributed by atoms with Crippen molar-refractivity contribution in [2.24, 2.45) is 5.92 Å². The number of ether oxygens (including phenoxy) is 1. The molecule has 1 aromatic carbocycles. The number of hydrogen-bond donors (Lipinski definition) is 3. The minimum absolute atomic E-state index is 0.108. The molecule has 1 aliphatic rings. The summed E-state index contributed by atoms with van der Waals surface area (Å²) in [7, 11) is 1.60. The highest BCUT2D eigenvalue weighted by molar-refractivity contribution is 5.78. The SMILES string of the molecule is COc1ccc([C@H]2C[C@@H](O)[C@@H](O)[C@@H]2NC(=O)C(C)C)cc1. The maximum absolute atomic E-state index is 11.9. The number of carbonyl (C=O) groups excluding carboxylic acids is 1. The van der Waals surface area contributed by atoms with Crippen LogP contribution in [0.5, 0.6) is 5.75 Å². The van der Waals surface area contributed by atoms with Gasteiger partial charge in [0.2, 0.25) is 5.91 Å². The van der Waals surface area contributed by atoms with Crippen molar-refractivity contribution in [3.63, 3.8) is 0 Å². The summed E-state index contributed by atoms with van der Waals surface area (Å²) in [5.41, 5.74) is 0.973. The summed E-state index contributed by atoms with van der Waals surface area (Å²) in [5, 5.41) is 22.9. The lowest BCUT2D eigenvalue weighted by Crippen LogP contribution is -2.46. The number of aliphatic hydroxyl groups is 2. The van der Waals surface area contributed by atoms with E-state index < -0.39 is 18.2 Å². The van der Waals surface area contributed by atoms with Crippen LogP contribution in [0, 0.1) is 5.92 Å². The fourth-order valence-corrected chi connectivity index (χ4v) is 2.73. The van der Waals surface area contributed by atoms with E-state index in [0.29, 0.717) is 6.42 Å². The Balaban J connectivity index is 2.20. The molecule has 116 valence electrons. The van der Waals surface area contributed by atoms with E-state index in [1.54, 1.807) is 21.0 Å². The molecule has 0 spiro atoms. The molecule has 2 rings (SSSR count). The molecular formula is C16H23NO4. The predicted octanol–water partition coefficient (Wildman–Crippen LogP) is 1.05. The Morgan fingerprint density at radius 1 is 1.29 bits per heavy atom. The summed E-state index contributed by atoms with van der Waals surface area (Å²) in [5.74, 6) is 0.363. The zero-order valence-corrected chi connectivity index (χ0v) is 12.6. The van der Waals surface area contributed by atoms with Crippen LogP contribution in [0.25, 0.3) is 0 Å². The number of aliphatic hydroxyl groups excluding tert-OH is 2. The molecule has 4 atom stereocenters. The van der Waals surface area contributed by atoms with Crippen molar-refractivity contribution in [1.82, 2.24) is 5.32 Å². The number of amides is 1. The van der Waals surface area contributed by atoms with Crippen molar-refractivity contribution >= 4 is 5.91 Å². The molecule has 0 bridgehead atoms. The van der Waals surface area contributed by atoms with Gasteiger partial charge < -0.3 is 20.3 Å². The summed E-state index contributed by atoms with van der Waals surface area (Å²) in [4.78, 5) is 11.9. The van der Waals surface area contributed by atoms with Crippen molar-refractivity contribution in [3.8, 4) is 5.75 Å². The number of rotatable bonds is 4. The van der Waals surface area contributed by atoms with Crippen LogP contribution in [0.1, 0.15) is 31.7 Å². The van der Waals surface area contributed by atoms with E-state index in [9.17, 15) is 15.0 Å². The molecule has 0 unspecified atom stereocenters. The summed E-state index contributed by atoms with van der Waals surface area (Å²) in [6.07, 6.45) is -1.34.